The summed E-state index contributed by atoms with van der Waals surface area (Å²) in [6, 6.07) is 11.9. The molecule has 2 unspecified atom stereocenters. The van der Waals surface area contributed by atoms with Crippen LogP contribution in [0.2, 0.25) is 0 Å². The Hall–Kier alpha value is -2.14. The molecule has 0 bridgehead atoms. The zero-order valence-corrected chi connectivity index (χ0v) is 13.0. The minimum absolute atomic E-state index is 0.0988. The second-order valence-corrected chi connectivity index (χ2v) is 5.97. The van der Waals surface area contributed by atoms with Crippen LogP contribution in [0.5, 0.6) is 0 Å². The number of aromatic nitrogens is 2. The van der Waals surface area contributed by atoms with Gasteiger partial charge in [-0.25, -0.2) is 4.68 Å². The van der Waals surface area contributed by atoms with Gasteiger partial charge in [-0.3, -0.25) is 4.79 Å². The number of amides is 1. The smallest absolute Gasteiger partial charge is 0.272 e. The zero-order valence-electron chi connectivity index (χ0n) is 13.0. The first kappa shape index (κ1) is 14.8. The minimum Gasteiger partial charge on any atom is -0.346 e. The minimum atomic E-state index is -0.0988. The van der Waals surface area contributed by atoms with E-state index in [1.54, 1.807) is 4.68 Å². The Labute approximate surface area is 130 Å². The lowest BCUT2D eigenvalue weighted by Gasteiger charge is -2.29. The van der Waals surface area contributed by atoms with Gasteiger partial charge in [0.05, 0.1) is 5.69 Å². The van der Waals surface area contributed by atoms with Gasteiger partial charge in [0.15, 0.2) is 5.69 Å². The second-order valence-electron chi connectivity index (χ2n) is 5.97. The lowest BCUT2D eigenvalue weighted by atomic mass is 9.95. The Balaban J connectivity index is 1.76. The van der Waals surface area contributed by atoms with Crippen molar-refractivity contribution in [1.29, 1.82) is 0 Å². The molecule has 2 aromatic rings. The van der Waals surface area contributed by atoms with Crippen molar-refractivity contribution in [3.05, 3.63) is 47.8 Å². The number of piperidine rings is 1. The van der Waals surface area contributed by atoms with E-state index >= 15 is 0 Å². The van der Waals surface area contributed by atoms with Gasteiger partial charge in [0.25, 0.3) is 5.91 Å². The topological polar surface area (TPSA) is 59.0 Å². The summed E-state index contributed by atoms with van der Waals surface area (Å²) in [6.07, 6.45) is 1.09. The number of hydrogen-bond donors (Lipinski definition) is 2. The number of carbonyl (C=O) groups excluding carboxylic acids is 1. The maximum Gasteiger partial charge on any atom is 0.272 e. The van der Waals surface area contributed by atoms with Crippen LogP contribution >= 0.6 is 0 Å². The maximum atomic E-state index is 12.4. The van der Waals surface area contributed by atoms with E-state index in [9.17, 15) is 4.79 Å². The monoisotopic (exact) mass is 298 g/mol. The highest BCUT2D eigenvalue weighted by Gasteiger charge is 2.24. The largest absolute Gasteiger partial charge is 0.346 e. The van der Waals surface area contributed by atoms with Crippen LogP contribution in [0, 0.1) is 12.8 Å². The Morgan fingerprint density at radius 2 is 2.14 bits per heavy atom. The molecule has 3 rings (SSSR count). The first-order valence-electron chi connectivity index (χ1n) is 7.79. The molecule has 22 heavy (non-hydrogen) atoms. The molecule has 0 radical (unpaired) electrons. The first-order valence-corrected chi connectivity index (χ1v) is 7.79. The number of hydrogen-bond acceptors (Lipinski definition) is 3. The molecular weight excluding hydrogens is 276 g/mol. The summed E-state index contributed by atoms with van der Waals surface area (Å²) >= 11 is 0. The van der Waals surface area contributed by atoms with Crippen molar-refractivity contribution in [2.75, 3.05) is 13.1 Å². The highest BCUT2D eigenvalue weighted by molar-refractivity contribution is 5.92. The SMILES string of the molecule is Cc1cc(C(=O)NC2CNCCC2C)nn1-c1ccccc1. The number of rotatable bonds is 3. The molecule has 1 aliphatic rings. The summed E-state index contributed by atoms with van der Waals surface area (Å²) in [5.41, 5.74) is 2.39. The third kappa shape index (κ3) is 3.04. The fourth-order valence-electron chi connectivity index (χ4n) is 2.84. The number of nitrogens with one attached hydrogen (secondary N) is 2. The van der Waals surface area contributed by atoms with Crippen molar-refractivity contribution < 1.29 is 4.79 Å². The predicted octanol–water partition coefficient (Wildman–Crippen LogP) is 1.91. The van der Waals surface area contributed by atoms with Crippen molar-refractivity contribution in [2.45, 2.75) is 26.3 Å². The molecule has 1 fully saturated rings. The molecule has 116 valence electrons. The normalized spacial score (nSPS) is 21.5. The molecule has 1 amide bonds. The van der Waals surface area contributed by atoms with Gasteiger partial charge in [0, 0.05) is 18.3 Å². The second kappa shape index (κ2) is 6.32. The van der Waals surface area contributed by atoms with E-state index < -0.39 is 0 Å². The van der Waals surface area contributed by atoms with Crippen LogP contribution in [-0.4, -0.2) is 34.8 Å². The summed E-state index contributed by atoms with van der Waals surface area (Å²) in [4.78, 5) is 12.4. The standard InChI is InChI=1S/C17H22N4O/c1-12-8-9-18-11-16(12)19-17(22)15-10-13(2)21(20-15)14-6-4-3-5-7-14/h3-7,10,12,16,18H,8-9,11H2,1-2H3,(H,19,22). The van der Waals surface area contributed by atoms with Gasteiger partial charge in [-0.1, -0.05) is 25.1 Å². The summed E-state index contributed by atoms with van der Waals surface area (Å²) in [6.45, 7) is 5.99. The van der Waals surface area contributed by atoms with Gasteiger partial charge in [-0.15, -0.1) is 0 Å². The molecule has 0 saturated carbocycles. The Bertz CT molecular complexity index is 650. The van der Waals surface area contributed by atoms with E-state index in [1.165, 1.54) is 0 Å². The summed E-state index contributed by atoms with van der Waals surface area (Å²) < 4.78 is 1.80. The van der Waals surface area contributed by atoms with E-state index in [1.807, 2.05) is 43.3 Å². The maximum absolute atomic E-state index is 12.4. The van der Waals surface area contributed by atoms with Crippen molar-refractivity contribution >= 4 is 5.91 Å². The van der Waals surface area contributed by atoms with Crippen LogP contribution < -0.4 is 10.6 Å². The van der Waals surface area contributed by atoms with Crippen molar-refractivity contribution in [2.24, 2.45) is 5.92 Å². The average Bonchev–Trinajstić information content (AvgIpc) is 2.92. The van der Waals surface area contributed by atoms with Gasteiger partial charge in [-0.2, -0.15) is 5.10 Å². The van der Waals surface area contributed by atoms with Crippen LogP contribution in [0.4, 0.5) is 0 Å². The van der Waals surface area contributed by atoms with Gasteiger partial charge in [-0.05, 0) is 44.0 Å². The van der Waals surface area contributed by atoms with Gasteiger partial charge >= 0.3 is 0 Å². The van der Waals surface area contributed by atoms with E-state index in [4.69, 9.17) is 0 Å². The third-order valence-electron chi connectivity index (χ3n) is 4.26. The molecule has 1 aromatic heterocycles. The number of nitrogens with zero attached hydrogens (tertiary/aromatic N) is 2. The molecule has 2 heterocycles. The summed E-state index contributed by atoms with van der Waals surface area (Å²) in [5.74, 6) is 0.390. The molecule has 0 aliphatic carbocycles. The third-order valence-corrected chi connectivity index (χ3v) is 4.26. The highest BCUT2D eigenvalue weighted by atomic mass is 16.2. The molecule has 1 saturated heterocycles. The fraction of sp³-hybridized carbons (Fsp3) is 0.412. The van der Waals surface area contributed by atoms with Gasteiger partial charge < -0.3 is 10.6 Å². The molecule has 2 atom stereocenters. The van der Waals surface area contributed by atoms with Crippen LogP contribution in [0.15, 0.2) is 36.4 Å². The Kier molecular flexibility index (Phi) is 4.24. The highest BCUT2D eigenvalue weighted by Crippen LogP contribution is 2.14. The molecule has 5 heteroatoms. The van der Waals surface area contributed by atoms with Crippen LogP contribution in [0.25, 0.3) is 5.69 Å². The number of carbonyl (C=O) groups is 1. The Morgan fingerprint density at radius 3 is 2.86 bits per heavy atom. The number of benzene rings is 1. The van der Waals surface area contributed by atoms with E-state index in [0.717, 1.165) is 30.9 Å². The van der Waals surface area contributed by atoms with Crippen LogP contribution in [0.1, 0.15) is 29.5 Å². The lowest BCUT2D eigenvalue weighted by molar-refractivity contribution is 0.0909. The number of aryl methyl sites for hydroxylation is 1. The molecule has 1 aromatic carbocycles. The molecule has 2 N–H and O–H groups in total. The van der Waals surface area contributed by atoms with Gasteiger partial charge in [0.2, 0.25) is 0 Å². The van der Waals surface area contributed by atoms with Crippen molar-refractivity contribution in [1.82, 2.24) is 20.4 Å². The van der Waals surface area contributed by atoms with E-state index in [2.05, 4.69) is 22.7 Å². The molecule has 0 spiro atoms. The van der Waals surface area contributed by atoms with Gasteiger partial charge in [0.1, 0.15) is 0 Å². The van der Waals surface area contributed by atoms with Crippen LogP contribution in [0.3, 0.4) is 0 Å². The predicted molar refractivity (Wildman–Crippen MR) is 86.2 cm³/mol. The Morgan fingerprint density at radius 1 is 1.36 bits per heavy atom. The van der Waals surface area contributed by atoms with E-state index in [-0.39, 0.29) is 11.9 Å². The van der Waals surface area contributed by atoms with E-state index in [0.29, 0.717) is 11.6 Å². The molecule has 1 aliphatic heterocycles. The quantitative estimate of drug-likeness (QED) is 0.910. The van der Waals surface area contributed by atoms with Crippen LogP contribution in [-0.2, 0) is 0 Å². The average molecular weight is 298 g/mol. The fourth-order valence-corrected chi connectivity index (χ4v) is 2.84. The zero-order chi connectivity index (χ0) is 15.5. The summed E-state index contributed by atoms with van der Waals surface area (Å²) in [5, 5.41) is 10.9. The summed E-state index contributed by atoms with van der Waals surface area (Å²) in [7, 11) is 0. The lowest BCUT2D eigenvalue weighted by Crippen LogP contribution is -2.50. The number of para-hydroxylation sites is 1. The van der Waals surface area contributed by atoms with Crippen molar-refractivity contribution in [3.63, 3.8) is 0 Å². The molecular formula is C17H22N4O. The van der Waals surface area contributed by atoms with Crippen molar-refractivity contribution in [3.8, 4) is 5.69 Å². The molecule has 5 nitrogen and oxygen atoms in total. The first-order chi connectivity index (χ1) is 10.6.